The van der Waals surface area contributed by atoms with Gasteiger partial charge in [0.2, 0.25) is 0 Å². The Bertz CT molecular complexity index is 804. The van der Waals surface area contributed by atoms with E-state index in [0.29, 0.717) is 0 Å². The second-order valence-electron chi connectivity index (χ2n) is 6.54. The monoisotopic (exact) mass is 305 g/mol. The van der Waals surface area contributed by atoms with Gasteiger partial charge in [0, 0.05) is 42.1 Å². The maximum Gasteiger partial charge on any atom is 0.0485 e. The van der Waals surface area contributed by atoms with Crippen LogP contribution in [0.25, 0.3) is 10.9 Å². The number of hydrogen-bond acceptors (Lipinski definition) is 2. The van der Waals surface area contributed by atoms with Crippen LogP contribution in [-0.2, 0) is 25.9 Å². The molecule has 0 radical (unpaired) electrons. The molecule has 2 aromatic heterocycles. The van der Waals surface area contributed by atoms with Crippen LogP contribution in [0.2, 0.25) is 0 Å². The van der Waals surface area contributed by atoms with Crippen molar-refractivity contribution in [3.8, 4) is 0 Å². The topological polar surface area (TPSA) is 21.1 Å². The minimum atomic E-state index is 1.05. The Balaban J connectivity index is 1.75. The molecule has 1 aliphatic rings. The number of pyridine rings is 1. The van der Waals surface area contributed by atoms with Crippen LogP contribution in [0, 0.1) is 0 Å². The van der Waals surface area contributed by atoms with Crippen molar-refractivity contribution in [2.75, 3.05) is 13.6 Å². The van der Waals surface area contributed by atoms with Crippen molar-refractivity contribution in [1.82, 2.24) is 14.5 Å². The van der Waals surface area contributed by atoms with Gasteiger partial charge in [-0.05, 0) is 62.2 Å². The fraction of sp³-hybridized carbons (Fsp3) is 0.350. The molecule has 0 unspecified atom stereocenters. The van der Waals surface area contributed by atoms with Crippen molar-refractivity contribution < 1.29 is 0 Å². The van der Waals surface area contributed by atoms with E-state index in [-0.39, 0.29) is 0 Å². The molecule has 3 heteroatoms. The van der Waals surface area contributed by atoms with E-state index in [9.17, 15) is 0 Å². The number of fused-ring (bicyclic) bond motifs is 3. The highest BCUT2D eigenvalue weighted by Crippen LogP contribution is 2.30. The molecule has 0 aliphatic carbocycles. The zero-order valence-corrected chi connectivity index (χ0v) is 13.7. The summed E-state index contributed by atoms with van der Waals surface area (Å²) < 4.78 is 2.56. The van der Waals surface area contributed by atoms with Gasteiger partial charge < -0.3 is 9.47 Å². The first-order valence-electron chi connectivity index (χ1n) is 8.49. The Morgan fingerprint density at radius 1 is 1.09 bits per heavy atom. The first-order valence-corrected chi connectivity index (χ1v) is 8.49. The summed E-state index contributed by atoms with van der Waals surface area (Å²) in [6.07, 6.45) is 7.26. The van der Waals surface area contributed by atoms with Crippen LogP contribution in [0.5, 0.6) is 0 Å². The lowest BCUT2D eigenvalue weighted by atomic mass is 10.1. The largest absolute Gasteiger partial charge is 0.344 e. The Morgan fingerprint density at radius 2 is 1.91 bits per heavy atom. The van der Waals surface area contributed by atoms with Gasteiger partial charge in [0.05, 0.1) is 0 Å². The molecule has 0 N–H and O–H groups in total. The Morgan fingerprint density at radius 3 is 2.78 bits per heavy atom. The molecule has 0 atom stereocenters. The van der Waals surface area contributed by atoms with Gasteiger partial charge in [0.1, 0.15) is 0 Å². The first kappa shape index (κ1) is 14.5. The van der Waals surface area contributed by atoms with Crippen LogP contribution in [0.15, 0.2) is 48.8 Å². The van der Waals surface area contributed by atoms with E-state index in [0.717, 1.165) is 19.5 Å². The molecular weight excluding hydrogens is 282 g/mol. The number of nitrogens with zero attached hydrogens (tertiary/aromatic N) is 3. The van der Waals surface area contributed by atoms with E-state index >= 15 is 0 Å². The first-order chi connectivity index (χ1) is 11.3. The smallest absolute Gasteiger partial charge is 0.0485 e. The van der Waals surface area contributed by atoms with Crippen LogP contribution in [0.1, 0.15) is 23.2 Å². The van der Waals surface area contributed by atoms with Gasteiger partial charge >= 0.3 is 0 Å². The van der Waals surface area contributed by atoms with E-state index in [1.54, 1.807) is 5.69 Å². The van der Waals surface area contributed by atoms with E-state index in [1.165, 1.54) is 41.4 Å². The SMILES string of the molecule is CN1CCCc2c(c3ccccc3n2CCc2ccncc2)C1. The summed E-state index contributed by atoms with van der Waals surface area (Å²) in [7, 11) is 2.23. The maximum atomic E-state index is 4.12. The van der Waals surface area contributed by atoms with Gasteiger partial charge in [-0.15, -0.1) is 0 Å². The number of benzene rings is 1. The number of rotatable bonds is 3. The molecule has 23 heavy (non-hydrogen) atoms. The number of hydrogen-bond donors (Lipinski definition) is 0. The third-order valence-corrected chi connectivity index (χ3v) is 4.95. The van der Waals surface area contributed by atoms with Gasteiger partial charge in [0.25, 0.3) is 0 Å². The second kappa shape index (κ2) is 6.17. The lowest BCUT2D eigenvalue weighted by Gasteiger charge is -2.12. The second-order valence-corrected chi connectivity index (χ2v) is 6.54. The highest BCUT2D eigenvalue weighted by Gasteiger charge is 2.20. The zero-order valence-electron chi connectivity index (χ0n) is 13.7. The van der Waals surface area contributed by atoms with Gasteiger partial charge in [0.15, 0.2) is 0 Å². The predicted molar refractivity (Wildman–Crippen MR) is 94.5 cm³/mol. The summed E-state index contributed by atoms with van der Waals surface area (Å²) in [6, 6.07) is 13.1. The van der Waals surface area contributed by atoms with Crippen molar-refractivity contribution in [1.29, 1.82) is 0 Å². The van der Waals surface area contributed by atoms with Crippen molar-refractivity contribution in [2.45, 2.75) is 32.4 Å². The molecular formula is C20H23N3. The Labute approximate surface area is 137 Å². The summed E-state index contributed by atoms with van der Waals surface area (Å²) in [4.78, 5) is 6.57. The third kappa shape index (κ3) is 2.77. The Hall–Kier alpha value is -2.13. The van der Waals surface area contributed by atoms with Crippen LogP contribution < -0.4 is 0 Å². The fourth-order valence-corrected chi connectivity index (χ4v) is 3.80. The minimum absolute atomic E-state index is 1.05. The van der Waals surface area contributed by atoms with Crippen molar-refractivity contribution >= 4 is 10.9 Å². The van der Waals surface area contributed by atoms with Crippen molar-refractivity contribution in [2.24, 2.45) is 0 Å². The predicted octanol–water partition coefficient (Wildman–Crippen LogP) is 3.66. The summed E-state index contributed by atoms with van der Waals surface area (Å²) in [5.74, 6) is 0. The quantitative estimate of drug-likeness (QED) is 0.736. The molecule has 1 aliphatic heterocycles. The summed E-state index contributed by atoms with van der Waals surface area (Å²) in [6.45, 7) is 3.30. The molecule has 118 valence electrons. The average Bonchev–Trinajstić information content (AvgIpc) is 2.73. The maximum absolute atomic E-state index is 4.12. The van der Waals surface area contributed by atoms with Gasteiger partial charge in [-0.1, -0.05) is 18.2 Å². The molecule has 3 nitrogen and oxygen atoms in total. The number of aromatic nitrogens is 2. The van der Waals surface area contributed by atoms with Crippen LogP contribution in [-0.4, -0.2) is 28.0 Å². The average molecular weight is 305 g/mol. The summed E-state index contributed by atoms with van der Waals surface area (Å²) in [5.41, 5.74) is 5.83. The van der Waals surface area contributed by atoms with Crippen molar-refractivity contribution in [3.05, 3.63) is 65.6 Å². The molecule has 0 amide bonds. The molecule has 4 rings (SSSR count). The standard InChI is InChI=1S/C20H23N3/c1-22-13-4-7-20-18(15-22)17-5-2-3-6-19(17)23(20)14-10-16-8-11-21-12-9-16/h2-3,5-6,8-9,11-12H,4,7,10,13-15H2,1H3. The lowest BCUT2D eigenvalue weighted by Crippen LogP contribution is -2.16. The molecule has 0 bridgehead atoms. The minimum Gasteiger partial charge on any atom is -0.344 e. The van der Waals surface area contributed by atoms with Crippen LogP contribution in [0.4, 0.5) is 0 Å². The van der Waals surface area contributed by atoms with E-state index in [2.05, 4.69) is 57.9 Å². The normalized spacial score (nSPS) is 15.5. The lowest BCUT2D eigenvalue weighted by molar-refractivity contribution is 0.333. The van der Waals surface area contributed by atoms with E-state index in [1.807, 2.05) is 12.4 Å². The zero-order chi connectivity index (χ0) is 15.6. The van der Waals surface area contributed by atoms with E-state index in [4.69, 9.17) is 0 Å². The molecule has 0 fully saturated rings. The van der Waals surface area contributed by atoms with Gasteiger partial charge in [-0.3, -0.25) is 4.98 Å². The molecule has 0 saturated carbocycles. The number of para-hydroxylation sites is 1. The molecule has 3 heterocycles. The molecule has 3 aromatic rings. The molecule has 1 aromatic carbocycles. The number of aryl methyl sites for hydroxylation is 2. The summed E-state index contributed by atoms with van der Waals surface area (Å²) in [5, 5.41) is 1.44. The molecule has 0 spiro atoms. The fourth-order valence-electron chi connectivity index (χ4n) is 3.80. The third-order valence-electron chi connectivity index (χ3n) is 4.95. The highest BCUT2D eigenvalue weighted by atomic mass is 15.1. The molecule has 0 saturated heterocycles. The highest BCUT2D eigenvalue weighted by molar-refractivity contribution is 5.85. The van der Waals surface area contributed by atoms with Gasteiger partial charge in [-0.25, -0.2) is 0 Å². The van der Waals surface area contributed by atoms with E-state index < -0.39 is 0 Å². The van der Waals surface area contributed by atoms with Gasteiger partial charge in [-0.2, -0.15) is 0 Å². The van der Waals surface area contributed by atoms with Crippen molar-refractivity contribution in [3.63, 3.8) is 0 Å². The van der Waals surface area contributed by atoms with Crippen LogP contribution >= 0.6 is 0 Å². The summed E-state index contributed by atoms with van der Waals surface area (Å²) >= 11 is 0. The Kier molecular flexibility index (Phi) is 3.88. The van der Waals surface area contributed by atoms with Crippen LogP contribution in [0.3, 0.4) is 0 Å².